The quantitative estimate of drug-likeness (QED) is 0.151. The SMILES string of the molecule is COc1cc2c(cc1OC(=O)OC(C)(C)C)CCN[C@]21CS[C@@H]2c3c(OC(C)=O)c(C)c4c(c3[C@H](COC1=O)N1C2[C@H]2c3c(cc(C)c(OC)c3O)C[C@@H]([C@@H]1C#N)N2C(=O)CC(C)(C)C)OCO4. The Morgan fingerprint density at radius 3 is 2.35 bits per heavy atom. The summed E-state index contributed by atoms with van der Waals surface area (Å²) in [6.45, 7) is 16.0. The fraction of sp³-hybridized carbons (Fsp3) is 0.540. The molecule has 4 bridgehead atoms. The summed E-state index contributed by atoms with van der Waals surface area (Å²) in [6, 6.07) is 3.60. The number of esters is 2. The zero-order valence-electron chi connectivity index (χ0n) is 40.2. The second-order valence-corrected chi connectivity index (χ2v) is 21.6. The van der Waals surface area contributed by atoms with Crippen molar-refractivity contribution < 1.29 is 62.2 Å². The molecule has 0 aromatic heterocycles. The third kappa shape index (κ3) is 7.61. The maximum absolute atomic E-state index is 15.2. The fourth-order valence-corrected chi connectivity index (χ4v) is 12.9. The zero-order valence-corrected chi connectivity index (χ0v) is 41.1. The van der Waals surface area contributed by atoms with E-state index >= 15 is 9.59 Å². The van der Waals surface area contributed by atoms with Crippen LogP contribution in [0, 0.1) is 30.6 Å². The van der Waals surface area contributed by atoms with Gasteiger partial charge in [-0.3, -0.25) is 19.8 Å². The number of nitrogens with zero attached hydrogens (tertiary/aromatic N) is 3. The molecule has 3 aromatic carbocycles. The molecular weight excluding hydrogens is 897 g/mol. The molecule has 1 amide bonds. The largest absolute Gasteiger partial charge is 0.514 e. The van der Waals surface area contributed by atoms with E-state index in [4.69, 9.17) is 37.9 Å². The van der Waals surface area contributed by atoms with E-state index < -0.39 is 70.1 Å². The summed E-state index contributed by atoms with van der Waals surface area (Å²) < 4.78 is 47.9. The van der Waals surface area contributed by atoms with Crippen LogP contribution in [0.4, 0.5) is 4.79 Å². The molecule has 18 heteroatoms. The number of rotatable bonds is 5. The minimum absolute atomic E-state index is 0.000262. The summed E-state index contributed by atoms with van der Waals surface area (Å²) in [5.74, 6) is 0.0201. The van der Waals surface area contributed by atoms with E-state index in [0.717, 1.165) is 5.56 Å². The monoisotopic (exact) mass is 954 g/mol. The molecule has 7 heterocycles. The van der Waals surface area contributed by atoms with Gasteiger partial charge in [0.15, 0.2) is 40.0 Å². The molecule has 17 nitrogen and oxygen atoms in total. The number of hydrogen-bond donors (Lipinski definition) is 2. The maximum atomic E-state index is 15.2. The lowest BCUT2D eigenvalue weighted by Gasteiger charge is -2.62. The van der Waals surface area contributed by atoms with Crippen LogP contribution in [0.3, 0.4) is 0 Å². The van der Waals surface area contributed by atoms with Gasteiger partial charge in [0.1, 0.15) is 24.0 Å². The van der Waals surface area contributed by atoms with Crippen molar-refractivity contribution in [3.05, 3.63) is 62.7 Å². The number of piperazine rings is 1. The number of nitrogens with one attached hydrogen (secondary N) is 1. The summed E-state index contributed by atoms with van der Waals surface area (Å²) in [7, 11) is 2.92. The number of carbonyl (C=O) groups is 4. The number of carbonyl (C=O) groups excluding carboxylic acids is 4. The minimum atomic E-state index is -1.54. The van der Waals surface area contributed by atoms with E-state index in [-0.39, 0.29) is 66.6 Å². The predicted molar refractivity (Wildman–Crippen MR) is 246 cm³/mol. The van der Waals surface area contributed by atoms with Crippen molar-refractivity contribution in [1.29, 1.82) is 5.26 Å². The first-order valence-corrected chi connectivity index (χ1v) is 23.9. The fourth-order valence-electron chi connectivity index (χ4n) is 11.2. The average molecular weight is 955 g/mol. The molecule has 2 saturated heterocycles. The van der Waals surface area contributed by atoms with E-state index in [1.807, 2.05) is 38.7 Å². The average Bonchev–Trinajstić information content (AvgIpc) is 3.74. The first-order valence-electron chi connectivity index (χ1n) is 22.8. The van der Waals surface area contributed by atoms with E-state index in [0.29, 0.717) is 63.4 Å². The van der Waals surface area contributed by atoms with Crippen LogP contribution in [0.5, 0.6) is 40.2 Å². The number of ether oxygens (including phenoxy) is 8. The number of fused-ring (bicyclic) bond motifs is 9. The predicted octanol–water partition coefficient (Wildman–Crippen LogP) is 6.93. The number of methoxy groups -OCH3 is 2. The summed E-state index contributed by atoms with van der Waals surface area (Å²) >= 11 is 1.37. The Morgan fingerprint density at radius 1 is 0.956 bits per heavy atom. The molecule has 1 unspecified atom stereocenters. The first-order chi connectivity index (χ1) is 32.1. The summed E-state index contributed by atoms with van der Waals surface area (Å²) in [5.41, 5.74) is 1.99. The van der Waals surface area contributed by atoms with Crippen LogP contribution < -0.4 is 33.7 Å². The molecule has 362 valence electrons. The van der Waals surface area contributed by atoms with Crippen molar-refractivity contribution in [2.24, 2.45) is 5.41 Å². The van der Waals surface area contributed by atoms with Crippen molar-refractivity contribution in [1.82, 2.24) is 15.1 Å². The van der Waals surface area contributed by atoms with Gasteiger partial charge in [0.2, 0.25) is 12.7 Å². The number of phenolic OH excluding ortho intramolecular Hbond substituents is 1. The van der Waals surface area contributed by atoms with Crippen LogP contribution in [0.1, 0.15) is 117 Å². The number of aryl methyl sites for hydroxylation is 1. The summed E-state index contributed by atoms with van der Waals surface area (Å²) in [4.78, 5) is 60.4. The second kappa shape index (κ2) is 17.0. The number of phenols is 1. The molecule has 10 rings (SSSR count). The standard InChI is InChI=1S/C50H58N4O13S/c1-23-14-27-15-29-30(19-51)53-31-20-62-46(58)50(28-17-32(60-10)33(16-26(28)12-13-52-50)66-47(59)67-49(7,8)9)21-68-45(37-36(31)44-43(63-22-64-44)24(2)42(37)65-25(3)55)39(53)38(35(27)40(57)41(23)61-11)54(29)34(56)18-48(4,5)6/h14,16-17,29-31,38-39,45,52,57H,12-13,15,18,20-22H2,1-11H3/t29-,30-,31-,38+,39?,45+,50+/m0/s1. The lowest BCUT2D eigenvalue weighted by atomic mass is 9.70. The smallest absolute Gasteiger partial charge is 0.504 e. The molecule has 0 aliphatic carbocycles. The molecule has 7 aliphatic heterocycles. The minimum Gasteiger partial charge on any atom is -0.504 e. The van der Waals surface area contributed by atoms with E-state index in [9.17, 15) is 20.0 Å². The lowest BCUT2D eigenvalue weighted by Crippen LogP contribution is -2.71. The van der Waals surface area contributed by atoms with Gasteiger partial charge in [0.05, 0.1) is 49.7 Å². The van der Waals surface area contributed by atoms with Crippen molar-refractivity contribution in [2.75, 3.05) is 39.9 Å². The van der Waals surface area contributed by atoms with E-state index in [1.165, 1.54) is 32.9 Å². The van der Waals surface area contributed by atoms with Crippen LogP contribution in [-0.4, -0.2) is 103 Å². The summed E-state index contributed by atoms with van der Waals surface area (Å²) in [6.07, 6.45) is -0.0882. The number of hydrogen-bond acceptors (Lipinski definition) is 17. The molecular formula is C50H58N4O13S. The Hall–Kier alpha value is -5.90. The molecule has 7 aliphatic rings. The van der Waals surface area contributed by atoms with E-state index in [1.54, 1.807) is 44.7 Å². The highest BCUT2D eigenvalue weighted by Crippen LogP contribution is 2.65. The number of amides is 1. The van der Waals surface area contributed by atoms with Crippen molar-refractivity contribution in [3.8, 4) is 46.3 Å². The molecule has 7 atom stereocenters. The lowest BCUT2D eigenvalue weighted by molar-refractivity contribution is -0.162. The molecule has 0 saturated carbocycles. The molecule has 3 aromatic rings. The number of benzene rings is 3. The van der Waals surface area contributed by atoms with Gasteiger partial charge in [-0.05, 0) is 87.3 Å². The van der Waals surface area contributed by atoms with Gasteiger partial charge >= 0.3 is 18.1 Å². The third-order valence-electron chi connectivity index (χ3n) is 13.7. The normalized spacial score (nSPS) is 25.7. The van der Waals surface area contributed by atoms with Gasteiger partial charge in [-0.1, -0.05) is 26.8 Å². The van der Waals surface area contributed by atoms with Gasteiger partial charge in [0.25, 0.3) is 0 Å². The highest BCUT2D eigenvalue weighted by atomic mass is 32.2. The maximum Gasteiger partial charge on any atom is 0.514 e. The molecule has 2 fully saturated rings. The van der Waals surface area contributed by atoms with Gasteiger partial charge in [0, 0.05) is 47.9 Å². The number of aromatic hydroxyl groups is 1. The van der Waals surface area contributed by atoms with Gasteiger partial charge < -0.3 is 47.9 Å². The second-order valence-electron chi connectivity index (χ2n) is 20.5. The molecule has 68 heavy (non-hydrogen) atoms. The Kier molecular flexibility index (Phi) is 11.8. The van der Waals surface area contributed by atoms with Crippen LogP contribution in [0.2, 0.25) is 0 Å². The zero-order chi connectivity index (χ0) is 48.9. The van der Waals surface area contributed by atoms with Crippen LogP contribution in [0.15, 0.2) is 18.2 Å². The Bertz CT molecular complexity index is 2690. The highest BCUT2D eigenvalue weighted by Gasteiger charge is 2.63. The van der Waals surface area contributed by atoms with Crippen LogP contribution in [0.25, 0.3) is 0 Å². The van der Waals surface area contributed by atoms with Gasteiger partial charge in [-0.25, -0.2) is 9.59 Å². The van der Waals surface area contributed by atoms with Crippen molar-refractivity contribution >= 4 is 35.8 Å². The molecule has 1 spiro atoms. The molecule has 0 radical (unpaired) electrons. The topological polar surface area (TPSA) is 205 Å². The van der Waals surface area contributed by atoms with E-state index in [2.05, 4.69) is 11.4 Å². The third-order valence-corrected chi connectivity index (χ3v) is 15.1. The number of thioether (sulfide) groups is 1. The molecule has 2 N–H and O–H groups in total. The highest BCUT2D eigenvalue weighted by molar-refractivity contribution is 7.99. The first kappa shape index (κ1) is 47.2. The van der Waals surface area contributed by atoms with Crippen molar-refractivity contribution in [3.63, 3.8) is 0 Å². The number of nitriles is 1. The summed E-state index contributed by atoms with van der Waals surface area (Å²) in [5, 5.41) is 26.7. The Balaban J connectivity index is 1.30. The van der Waals surface area contributed by atoms with Gasteiger partial charge in [-0.15, -0.1) is 11.8 Å². The van der Waals surface area contributed by atoms with Gasteiger partial charge in [-0.2, -0.15) is 5.26 Å². The van der Waals surface area contributed by atoms with Crippen LogP contribution >= 0.6 is 11.8 Å². The Morgan fingerprint density at radius 2 is 1.69 bits per heavy atom. The Labute approximate surface area is 399 Å². The van der Waals surface area contributed by atoms with Crippen LogP contribution in [-0.2, 0) is 42.2 Å². The van der Waals surface area contributed by atoms with Crippen molar-refractivity contribution in [2.45, 2.75) is 128 Å².